The normalized spacial score (nSPS) is 16.0. The van der Waals surface area contributed by atoms with Crippen LogP contribution in [0.4, 0.5) is 5.69 Å². The number of hydrogen-bond acceptors (Lipinski definition) is 5. The van der Waals surface area contributed by atoms with Gasteiger partial charge in [0.2, 0.25) is 0 Å². The summed E-state index contributed by atoms with van der Waals surface area (Å²) in [6.45, 7) is 6.29. The molecule has 5 heteroatoms. The highest BCUT2D eigenvalue weighted by Crippen LogP contribution is 2.31. The van der Waals surface area contributed by atoms with Gasteiger partial charge < -0.3 is 20.1 Å². The predicted octanol–water partition coefficient (Wildman–Crippen LogP) is 1.56. The van der Waals surface area contributed by atoms with Crippen LogP contribution in [0, 0.1) is 0 Å². The first-order chi connectivity index (χ1) is 10.3. The molecule has 1 aromatic carbocycles. The van der Waals surface area contributed by atoms with Gasteiger partial charge >= 0.3 is 0 Å². The highest BCUT2D eigenvalue weighted by Gasteiger charge is 2.18. The molecule has 2 rings (SSSR count). The number of rotatable bonds is 7. The minimum Gasteiger partial charge on any atom is -0.493 e. The summed E-state index contributed by atoms with van der Waals surface area (Å²) >= 11 is 0. The number of benzene rings is 1. The van der Waals surface area contributed by atoms with E-state index < -0.39 is 0 Å². The summed E-state index contributed by atoms with van der Waals surface area (Å²) in [5, 5.41) is 0. The van der Waals surface area contributed by atoms with E-state index in [1.165, 1.54) is 12.1 Å². The second-order valence-corrected chi connectivity index (χ2v) is 5.36. The van der Waals surface area contributed by atoms with E-state index in [0.29, 0.717) is 0 Å². The Balaban J connectivity index is 1.90. The zero-order valence-electron chi connectivity index (χ0n) is 13.2. The molecule has 5 nitrogen and oxygen atoms in total. The molecule has 0 spiro atoms. The van der Waals surface area contributed by atoms with Gasteiger partial charge in [-0.15, -0.1) is 0 Å². The maximum absolute atomic E-state index is 5.54. The highest BCUT2D eigenvalue weighted by atomic mass is 16.5. The van der Waals surface area contributed by atoms with E-state index in [9.17, 15) is 0 Å². The number of hydrogen-bond donors (Lipinski definition) is 1. The summed E-state index contributed by atoms with van der Waals surface area (Å²) in [7, 11) is 3.34. The summed E-state index contributed by atoms with van der Waals surface area (Å²) in [6, 6.07) is 6.14. The van der Waals surface area contributed by atoms with Crippen molar-refractivity contribution in [3.8, 4) is 11.5 Å². The summed E-state index contributed by atoms with van der Waals surface area (Å²) in [6.07, 6.45) is 2.32. The van der Waals surface area contributed by atoms with Crippen LogP contribution in [-0.2, 0) is 0 Å². The average molecular weight is 293 g/mol. The van der Waals surface area contributed by atoms with Crippen molar-refractivity contribution in [3.63, 3.8) is 0 Å². The predicted molar refractivity (Wildman–Crippen MR) is 86.5 cm³/mol. The number of ether oxygens (including phenoxy) is 2. The van der Waals surface area contributed by atoms with E-state index >= 15 is 0 Å². The van der Waals surface area contributed by atoms with Crippen molar-refractivity contribution >= 4 is 5.69 Å². The van der Waals surface area contributed by atoms with E-state index in [1.54, 1.807) is 14.2 Å². The molecule has 21 heavy (non-hydrogen) atoms. The van der Waals surface area contributed by atoms with E-state index in [1.807, 2.05) is 6.07 Å². The molecule has 1 heterocycles. The average Bonchev–Trinajstić information content (AvgIpc) is 2.55. The topological polar surface area (TPSA) is 51.0 Å². The second-order valence-electron chi connectivity index (χ2n) is 5.36. The molecule has 0 bridgehead atoms. The van der Waals surface area contributed by atoms with Gasteiger partial charge in [0, 0.05) is 37.9 Å². The minimum absolute atomic E-state index is 0.779. The van der Waals surface area contributed by atoms with Gasteiger partial charge in [0.05, 0.1) is 14.2 Å². The van der Waals surface area contributed by atoms with Crippen molar-refractivity contribution in [2.24, 2.45) is 5.73 Å². The Morgan fingerprint density at radius 2 is 1.71 bits per heavy atom. The Kier molecular flexibility index (Phi) is 6.14. The zero-order chi connectivity index (χ0) is 15.1. The largest absolute Gasteiger partial charge is 0.493 e. The van der Waals surface area contributed by atoms with Crippen LogP contribution >= 0.6 is 0 Å². The summed E-state index contributed by atoms with van der Waals surface area (Å²) in [5.74, 6) is 1.57. The first-order valence-corrected chi connectivity index (χ1v) is 7.68. The van der Waals surface area contributed by atoms with Crippen molar-refractivity contribution in [3.05, 3.63) is 18.2 Å². The lowest BCUT2D eigenvalue weighted by molar-refractivity contribution is 0.253. The number of methoxy groups -OCH3 is 2. The molecular formula is C16H27N3O2. The van der Waals surface area contributed by atoms with Crippen LogP contribution in [0.15, 0.2) is 18.2 Å². The quantitative estimate of drug-likeness (QED) is 0.773. The Bertz CT molecular complexity index is 432. The van der Waals surface area contributed by atoms with Crippen LogP contribution < -0.4 is 20.1 Å². The molecule has 1 aromatic rings. The van der Waals surface area contributed by atoms with Gasteiger partial charge in [-0.3, -0.25) is 4.90 Å². The van der Waals surface area contributed by atoms with Crippen LogP contribution in [0.25, 0.3) is 0 Å². The van der Waals surface area contributed by atoms with Gasteiger partial charge in [0.15, 0.2) is 11.5 Å². The van der Waals surface area contributed by atoms with Gasteiger partial charge in [-0.05, 0) is 38.1 Å². The molecule has 118 valence electrons. The molecular weight excluding hydrogens is 266 g/mol. The molecule has 1 aliphatic heterocycles. The van der Waals surface area contributed by atoms with Crippen molar-refractivity contribution < 1.29 is 9.47 Å². The molecule has 0 aliphatic carbocycles. The highest BCUT2D eigenvalue weighted by molar-refractivity contribution is 5.56. The molecule has 0 unspecified atom stereocenters. The van der Waals surface area contributed by atoms with Gasteiger partial charge in [-0.2, -0.15) is 0 Å². The molecule has 0 amide bonds. The first-order valence-electron chi connectivity index (χ1n) is 7.68. The molecule has 1 aliphatic rings. The Morgan fingerprint density at radius 3 is 2.33 bits per heavy atom. The Morgan fingerprint density at radius 1 is 1.00 bits per heavy atom. The number of piperazine rings is 1. The zero-order valence-corrected chi connectivity index (χ0v) is 13.2. The summed E-state index contributed by atoms with van der Waals surface area (Å²) < 4.78 is 10.7. The standard InChI is InChI=1S/C16H27N3O2/c1-20-15-6-5-14(13-16(15)21-2)19-11-9-18(10-12-19)8-4-3-7-17/h5-6,13H,3-4,7-12,17H2,1-2H3. The van der Waals surface area contributed by atoms with Crippen LogP contribution in [0.5, 0.6) is 11.5 Å². The summed E-state index contributed by atoms with van der Waals surface area (Å²) in [4.78, 5) is 4.92. The molecule has 1 saturated heterocycles. The van der Waals surface area contributed by atoms with Crippen molar-refractivity contribution in [2.75, 3.05) is 58.4 Å². The smallest absolute Gasteiger partial charge is 0.162 e. The molecule has 0 radical (unpaired) electrons. The fraction of sp³-hybridized carbons (Fsp3) is 0.625. The fourth-order valence-electron chi connectivity index (χ4n) is 2.73. The van der Waals surface area contributed by atoms with Gasteiger partial charge in [0.25, 0.3) is 0 Å². The maximum Gasteiger partial charge on any atom is 0.162 e. The third-order valence-electron chi connectivity index (χ3n) is 4.03. The van der Waals surface area contributed by atoms with Crippen molar-refractivity contribution in [1.29, 1.82) is 0 Å². The Labute approximate surface area is 127 Å². The van der Waals surface area contributed by atoms with E-state index in [0.717, 1.165) is 57.2 Å². The lowest BCUT2D eigenvalue weighted by Gasteiger charge is -2.36. The molecule has 1 fully saturated rings. The second kappa shape index (κ2) is 8.10. The minimum atomic E-state index is 0.779. The molecule has 0 saturated carbocycles. The number of nitrogens with two attached hydrogens (primary N) is 1. The van der Waals surface area contributed by atoms with Crippen molar-refractivity contribution in [2.45, 2.75) is 12.8 Å². The van der Waals surface area contributed by atoms with E-state index in [4.69, 9.17) is 15.2 Å². The number of unbranched alkanes of at least 4 members (excludes halogenated alkanes) is 1. The fourth-order valence-corrected chi connectivity index (χ4v) is 2.73. The first kappa shape index (κ1) is 15.9. The lowest BCUT2D eigenvalue weighted by atomic mass is 10.2. The van der Waals surface area contributed by atoms with Crippen LogP contribution in [-0.4, -0.2) is 58.4 Å². The lowest BCUT2D eigenvalue weighted by Crippen LogP contribution is -2.46. The summed E-state index contributed by atoms with van der Waals surface area (Å²) in [5.41, 5.74) is 6.75. The van der Waals surface area contributed by atoms with Crippen LogP contribution in [0.1, 0.15) is 12.8 Å². The van der Waals surface area contributed by atoms with Gasteiger partial charge in [-0.1, -0.05) is 0 Å². The third kappa shape index (κ3) is 4.25. The monoisotopic (exact) mass is 293 g/mol. The molecule has 2 N–H and O–H groups in total. The van der Waals surface area contributed by atoms with E-state index in [-0.39, 0.29) is 0 Å². The maximum atomic E-state index is 5.54. The van der Waals surface area contributed by atoms with Crippen LogP contribution in [0.2, 0.25) is 0 Å². The van der Waals surface area contributed by atoms with Crippen molar-refractivity contribution in [1.82, 2.24) is 4.90 Å². The molecule has 0 aromatic heterocycles. The Hall–Kier alpha value is -1.46. The van der Waals surface area contributed by atoms with Gasteiger partial charge in [0.1, 0.15) is 0 Å². The third-order valence-corrected chi connectivity index (χ3v) is 4.03. The molecule has 0 atom stereocenters. The van der Waals surface area contributed by atoms with E-state index in [2.05, 4.69) is 21.9 Å². The van der Waals surface area contributed by atoms with Crippen LogP contribution in [0.3, 0.4) is 0 Å². The van der Waals surface area contributed by atoms with Gasteiger partial charge in [-0.25, -0.2) is 0 Å². The number of nitrogens with zero attached hydrogens (tertiary/aromatic N) is 2. The SMILES string of the molecule is COc1ccc(N2CCN(CCCCN)CC2)cc1OC. The number of anilines is 1.